The molecule has 1 aromatic carbocycles. The Morgan fingerprint density at radius 1 is 1.30 bits per heavy atom. The van der Waals surface area contributed by atoms with E-state index >= 15 is 0 Å². The van der Waals surface area contributed by atoms with Crippen LogP contribution in [0.25, 0.3) is 0 Å². The number of hydrogen-bond acceptors (Lipinski definition) is 4. The van der Waals surface area contributed by atoms with E-state index in [1.54, 1.807) is 6.92 Å². The molecule has 0 spiro atoms. The second-order valence-corrected chi connectivity index (χ2v) is 4.86. The molecule has 5 heteroatoms. The number of aromatic nitrogens is 2. The van der Waals surface area contributed by atoms with E-state index in [2.05, 4.69) is 22.4 Å². The highest BCUT2D eigenvalue weighted by Crippen LogP contribution is 2.20. The van der Waals surface area contributed by atoms with Gasteiger partial charge in [-0.3, -0.25) is 0 Å². The Balaban J connectivity index is 2.01. The van der Waals surface area contributed by atoms with Crippen LogP contribution < -0.4 is 5.32 Å². The SMILES string of the molecule is CCCCC(NCc1noc(C)n1)c1ccc(F)cc1. The van der Waals surface area contributed by atoms with Crippen LogP contribution in [0.1, 0.15) is 49.5 Å². The van der Waals surface area contributed by atoms with Gasteiger partial charge in [-0.1, -0.05) is 37.1 Å². The summed E-state index contributed by atoms with van der Waals surface area (Å²) in [6, 6.07) is 6.81. The molecule has 0 saturated heterocycles. The summed E-state index contributed by atoms with van der Waals surface area (Å²) in [4.78, 5) is 4.17. The smallest absolute Gasteiger partial charge is 0.223 e. The van der Waals surface area contributed by atoms with Crippen molar-refractivity contribution >= 4 is 0 Å². The van der Waals surface area contributed by atoms with Crippen LogP contribution in [0.5, 0.6) is 0 Å². The van der Waals surface area contributed by atoms with Gasteiger partial charge in [-0.05, 0) is 24.1 Å². The van der Waals surface area contributed by atoms with Crippen LogP contribution in [0, 0.1) is 12.7 Å². The fourth-order valence-corrected chi connectivity index (χ4v) is 2.12. The highest BCUT2D eigenvalue weighted by Gasteiger charge is 2.12. The Kier molecular flexibility index (Phi) is 5.24. The molecule has 0 amide bonds. The van der Waals surface area contributed by atoms with Gasteiger partial charge < -0.3 is 9.84 Å². The van der Waals surface area contributed by atoms with Gasteiger partial charge >= 0.3 is 0 Å². The normalized spacial score (nSPS) is 12.6. The zero-order valence-corrected chi connectivity index (χ0v) is 11.9. The standard InChI is InChI=1S/C15H20FN3O/c1-3-4-5-14(12-6-8-13(16)9-7-12)17-10-15-18-11(2)20-19-15/h6-9,14,17H,3-5,10H2,1-2H3. The summed E-state index contributed by atoms with van der Waals surface area (Å²) in [5.74, 6) is 0.997. The molecule has 0 bridgehead atoms. The molecule has 20 heavy (non-hydrogen) atoms. The number of aryl methyl sites for hydroxylation is 1. The molecule has 0 radical (unpaired) electrons. The van der Waals surface area contributed by atoms with Crippen molar-refractivity contribution in [3.63, 3.8) is 0 Å². The van der Waals surface area contributed by atoms with Crippen molar-refractivity contribution in [2.24, 2.45) is 0 Å². The molecule has 108 valence electrons. The zero-order chi connectivity index (χ0) is 14.4. The van der Waals surface area contributed by atoms with Crippen molar-refractivity contribution in [1.29, 1.82) is 0 Å². The largest absolute Gasteiger partial charge is 0.340 e. The van der Waals surface area contributed by atoms with Gasteiger partial charge in [0.05, 0.1) is 6.54 Å². The van der Waals surface area contributed by atoms with Crippen LogP contribution in [0.3, 0.4) is 0 Å². The van der Waals surface area contributed by atoms with Crippen LogP contribution in [-0.2, 0) is 6.54 Å². The number of nitrogens with one attached hydrogen (secondary N) is 1. The first-order valence-corrected chi connectivity index (χ1v) is 6.97. The monoisotopic (exact) mass is 277 g/mol. The van der Waals surface area contributed by atoms with E-state index in [4.69, 9.17) is 4.52 Å². The minimum atomic E-state index is -0.211. The van der Waals surface area contributed by atoms with Crippen molar-refractivity contribution in [3.8, 4) is 0 Å². The third kappa shape index (κ3) is 4.13. The lowest BCUT2D eigenvalue weighted by Crippen LogP contribution is -2.21. The highest BCUT2D eigenvalue weighted by atomic mass is 19.1. The Bertz CT molecular complexity index is 524. The molecule has 2 rings (SSSR count). The first kappa shape index (κ1) is 14.7. The van der Waals surface area contributed by atoms with Crippen molar-refractivity contribution in [3.05, 3.63) is 47.4 Å². The van der Waals surface area contributed by atoms with Gasteiger partial charge in [0.1, 0.15) is 5.82 Å². The van der Waals surface area contributed by atoms with Gasteiger partial charge in [-0.15, -0.1) is 0 Å². The Hall–Kier alpha value is -1.75. The summed E-state index contributed by atoms with van der Waals surface area (Å²) in [7, 11) is 0. The predicted molar refractivity (Wildman–Crippen MR) is 74.5 cm³/mol. The van der Waals surface area contributed by atoms with Crippen molar-refractivity contribution in [2.45, 2.75) is 45.7 Å². The number of rotatable bonds is 7. The molecule has 1 heterocycles. The predicted octanol–water partition coefficient (Wildman–Crippen LogP) is 3.54. The van der Waals surface area contributed by atoms with E-state index in [0.717, 1.165) is 24.8 Å². The molecule has 4 nitrogen and oxygen atoms in total. The second-order valence-electron chi connectivity index (χ2n) is 4.86. The van der Waals surface area contributed by atoms with E-state index < -0.39 is 0 Å². The Morgan fingerprint density at radius 2 is 2.05 bits per heavy atom. The lowest BCUT2D eigenvalue weighted by Gasteiger charge is -2.18. The number of hydrogen-bond donors (Lipinski definition) is 1. The molecule has 2 aromatic rings. The minimum absolute atomic E-state index is 0.175. The second kappa shape index (κ2) is 7.14. The molecule has 1 N–H and O–H groups in total. The first-order valence-electron chi connectivity index (χ1n) is 6.97. The van der Waals surface area contributed by atoms with Crippen LogP contribution >= 0.6 is 0 Å². The number of unbranched alkanes of at least 4 members (excludes halogenated alkanes) is 1. The molecule has 1 aromatic heterocycles. The highest BCUT2D eigenvalue weighted by molar-refractivity contribution is 5.20. The molecule has 0 saturated carbocycles. The average molecular weight is 277 g/mol. The van der Waals surface area contributed by atoms with Gasteiger partial charge in [-0.25, -0.2) is 4.39 Å². The molecular formula is C15H20FN3O. The average Bonchev–Trinajstić information content (AvgIpc) is 2.86. The number of benzene rings is 1. The summed E-state index contributed by atoms with van der Waals surface area (Å²) in [6.07, 6.45) is 3.24. The van der Waals surface area contributed by atoms with Gasteiger partial charge in [0.25, 0.3) is 0 Å². The van der Waals surface area contributed by atoms with Gasteiger partial charge in [0.2, 0.25) is 5.89 Å². The first-order chi connectivity index (χ1) is 9.69. The van der Waals surface area contributed by atoms with E-state index in [1.165, 1.54) is 12.1 Å². The minimum Gasteiger partial charge on any atom is -0.340 e. The number of halogens is 1. The molecule has 0 aliphatic rings. The summed E-state index contributed by atoms with van der Waals surface area (Å²) < 4.78 is 18.0. The third-order valence-corrected chi connectivity index (χ3v) is 3.19. The summed E-state index contributed by atoms with van der Waals surface area (Å²) in [6.45, 7) is 4.47. The lowest BCUT2D eigenvalue weighted by atomic mass is 10.0. The summed E-state index contributed by atoms with van der Waals surface area (Å²) >= 11 is 0. The Morgan fingerprint density at radius 3 is 2.65 bits per heavy atom. The third-order valence-electron chi connectivity index (χ3n) is 3.19. The molecular weight excluding hydrogens is 257 g/mol. The van der Waals surface area contributed by atoms with Crippen LogP contribution in [0.15, 0.2) is 28.8 Å². The van der Waals surface area contributed by atoms with Crippen LogP contribution in [0.2, 0.25) is 0 Å². The van der Waals surface area contributed by atoms with Crippen LogP contribution in [0.4, 0.5) is 4.39 Å². The summed E-state index contributed by atoms with van der Waals surface area (Å²) in [5.41, 5.74) is 1.08. The molecule has 0 aliphatic carbocycles. The molecule has 1 unspecified atom stereocenters. The van der Waals surface area contributed by atoms with Crippen LogP contribution in [-0.4, -0.2) is 10.1 Å². The quantitative estimate of drug-likeness (QED) is 0.841. The van der Waals surface area contributed by atoms with E-state index in [1.807, 2.05) is 12.1 Å². The maximum absolute atomic E-state index is 13.0. The molecule has 1 atom stereocenters. The van der Waals surface area contributed by atoms with Gasteiger partial charge in [0, 0.05) is 13.0 Å². The zero-order valence-electron chi connectivity index (χ0n) is 11.9. The fraction of sp³-hybridized carbons (Fsp3) is 0.467. The maximum Gasteiger partial charge on any atom is 0.223 e. The summed E-state index contributed by atoms with van der Waals surface area (Å²) in [5, 5.41) is 7.28. The van der Waals surface area contributed by atoms with E-state index in [0.29, 0.717) is 18.3 Å². The molecule has 0 aliphatic heterocycles. The van der Waals surface area contributed by atoms with E-state index in [9.17, 15) is 4.39 Å². The van der Waals surface area contributed by atoms with Gasteiger partial charge in [-0.2, -0.15) is 4.98 Å². The fourth-order valence-electron chi connectivity index (χ4n) is 2.12. The lowest BCUT2D eigenvalue weighted by molar-refractivity contribution is 0.381. The van der Waals surface area contributed by atoms with Gasteiger partial charge in [0.15, 0.2) is 5.82 Å². The Labute approximate surface area is 118 Å². The number of nitrogens with zero attached hydrogens (tertiary/aromatic N) is 2. The topological polar surface area (TPSA) is 51.0 Å². The van der Waals surface area contributed by atoms with Crippen molar-refractivity contribution in [1.82, 2.24) is 15.5 Å². The van der Waals surface area contributed by atoms with Crippen molar-refractivity contribution < 1.29 is 8.91 Å². The van der Waals surface area contributed by atoms with E-state index in [-0.39, 0.29) is 11.9 Å². The maximum atomic E-state index is 13.0. The van der Waals surface area contributed by atoms with Crippen molar-refractivity contribution in [2.75, 3.05) is 0 Å². The molecule has 0 fully saturated rings.